The molecule has 0 aliphatic rings. The molecule has 0 N–H and O–H groups in total. The van der Waals surface area contributed by atoms with Crippen molar-refractivity contribution in [3.05, 3.63) is 35.1 Å². The summed E-state index contributed by atoms with van der Waals surface area (Å²) in [5.74, 6) is -0.493. The summed E-state index contributed by atoms with van der Waals surface area (Å²) in [5, 5.41) is 8.42. The second-order valence-electron chi connectivity index (χ2n) is 2.36. The molecule has 1 rings (SSSR count). The first-order valence-electron chi connectivity index (χ1n) is 5.45. The Balaban J connectivity index is 0. The normalized spacial score (nSPS) is 7.81. The number of halogens is 1. The Morgan fingerprint density at radius 1 is 1.25 bits per heavy atom. The zero-order valence-corrected chi connectivity index (χ0v) is 10.7. The minimum Gasteiger partial charge on any atom is -0.380 e. The van der Waals surface area contributed by atoms with Crippen molar-refractivity contribution in [2.24, 2.45) is 0 Å². The molecule has 0 heterocycles. The van der Waals surface area contributed by atoms with Crippen LogP contribution in [0.2, 0.25) is 0 Å². The monoisotopic (exact) mass is 225 g/mol. The van der Waals surface area contributed by atoms with Crippen LogP contribution in [-0.4, -0.2) is 7.11 Å². The van der Waals surface area contributed by atoms with E-state index in [4.69, 9.17) is 10.00 Å². The highest BCUT2D eigenvalue weighted by Gasteiger charge is 2.01. The number of benzene rings is 1. The van der Waals surface area contributed by atoms with E-state index in [0.29, 0.717) is 6.61 Å². The van der Waals surface area contributed by atoms with Crippen LogP contribution in [0.15, 0.2) is 18.2 Å². The number of methoxy groups -OCH3 is 1. The lowest BCUT2D eigenvalue weighted by Gasteiger charge is -1.99. The van der Waals surface area contributed by atoms with Gasteiger partial charge < -0.3 is 4.74 Å². The van der Waals surface area contributed by atoms with Crippen molar-refractivity contribution in [1.82, 2.24) is 0 Å². The summed E-state index contributed by atoms with van der Waals surface area (Å²) < 4.78 is 17.7. The predicted molar refractivity (Wildman–Crippen MR) is 64.5 cm³/mol. The maximum Gasteiger partial charge on any atom is 0.141 e. The summed E-state index contributed by atoms with van der Waals surface area (Å²) in [7, 11) is 1.54. The molecule has 2 nitrogen and oxygen atoms in total. The number of nitriles is 1. The van der Waals surface area contributed by atoms with Gasteiger partial charge >= 0.3 is 0 Å². The van der Waals surface area contributed by atoms with Gasteiger partial charge in [-0.3, -0.25) is 0 Å². The van der Waals surface area contributed by atoms with E-state index in [-0.39, 0.29) is 5.56 Å². The second-order valence-corrected chi connectivity index (χ2v) is 2.36. The largest absolute Gasteiger partial charge is 0.380 e. The molecule has 0 fully saturated rings. The van der Waals surface area contributed by atoms with Gasteiger partial charge in [0.25, 0.3) is 0 Å². The first-order valence-corrected chi connectivity index (χ1v) is 5.45. The number of hydrogen-bond acceptors (Lipinski definition) is 2. The molecule has 0 aromatic heterocycles. The van der Waals surface area contributed by atoms with Crippen molar-refractivity contribution in [3.63, 3.8) is 0 Å². The third-order valence-corrected chi connectivity index (χ3v) is 1.46. The van der Waals surface area contributed by atoms with Crippen molar-refractivity contribution in [2.45, 2.75) is 34.3 Å². The Bertz CT molecular complexity index is 318. The van der Waals surface area contributed by atoms with Gasteiger partial charge in [-0.15, -0.1) is 0 Å². The van der Waals surface area contributed by atoms with Crippen LogP contribution in [0, 0.1) is 17.1 Å². The van der Waals surface area contributed by atoms with Gasteiger partial charge in [-0.05, 0) is 17.7 Å². The topological polar surface area (TPSA) is 33.0 Å². The summed E-state index contributed by atoms with van der Waals surface area (Å²) in [6.07, 6.45) is 0. The lowest BCUT2D eigenvalue weighted by molar-refractivity contribution is 0.184. The van der Waals surface area contributed by atoms with Gasteiger partial charge in [-0.2, -0.15) is 5.26 Å². The third-order valence-electron chi connectivity index (χ3n) is 1.46. The van der Waals surface area contributed by atoms with E-state index in [0.717, 1.165) is 5.56 Å². The molecule has 0 atom stereocenters. The van der Waals surface area contributed by atoms with Crippen molar-refractivity contribution >= 4 is 0 Å². The van der Waals surface area contributed by atoms with Crippen LogP contribution in [0.1, 0.15) is 38.8 Å². The molecule has 1 aromatic rings. The first-order chi connectivity index (χ1) is 7.77. The Hall–Kier alpha value is -1.40. The fourth-order valence-electron chi connectivity index (χ4n) is 0.906. The average molecular weight is 225 g/mol. The lowest BCUT2D eigenvalue weighted by atomic mass is 10.1. The minimum atomic E-state index is -0.493. The molecule has 90 valence electrons. The Morgan fingerprint density at radius 3 is 2.19 bits per heavy atom. The van der Waals surface area contributed by atoms with Crippen LogP contribution in [0.4, 0.5) is 4.39 Å². The molecular formula is C13H20FNO. The predicted octanol–water partition coefficient (Wildman–Crippen LogP) is 3.90. The van der Waals surface area contributed by atoms with Gasteiger partial charge in [-0.25, -0.2) is 4.39 Å². The number of rotatable bonds is 2. The molecule has 0 unspecified atom stereocenters. The van der Waals surface area contributed by atoms with Crippen LogP contribution in [0.3, 0.4) is 0 Å². The molecule has 0 aliphatic carbocycles. The highest BCUT2D eigenvalue weighted by Crippen LogP contribution is 2.09. The number of nitrogens with zero attached hydrogens (tertiary/aromatic N) is 1. The summed E-state index contributed by atoms with van der Waals surface area (Å²) in [4.78, 5) is 0. The third kappa shape index (κ3) is 6.15. The molecule has 16 heavy (non-hydrogen) atoms. The van der Waals surface area contributed by atoms with Crippen molar-refractivity contribution < 1.29 is 9.13 Å². The van der Waals surface area contributed by atoms with Gasteiger partial charge in [0.2, 0.25) is 0 Å². The van der Waals surface area contributed by atoms with Gasteiger partial charge in [0.1, 0.15) is 11.9 Å². The molecule has 0 aliphatic heterocycles. The molecule has 0 radical (unpaired) electrons. The molecule has 1 aromatic carbocycles. The molecular weight excluding hydrogens is 205 g/mol. The highest BCUT2D eigenvalue weighted by atomic mass is 19.1. The van der Waals surface area contributed by atoms with Crippen LogP contribution < -0.4 is 0 Å². The van der Waals surface area contributed by atoms with E-state index < -0.39 is 5.82 Å². The second kappa shape index (κ2) is 11.7. The zero-order chi connectivity index (χ0) is 13.0. The molecule has 0 amide bonds. The van der Waals surface area contributed by atoms with Crippen LogP contribution >= 0.6 is 0 Å². The Kier molecular flexibility index (Phi) is 12.4. The molecule has 0 saturated heterocycles. The average Bonchev–Trinajstić information content (AvgIpc) is 2.35. The van der Waals surface area contributed by atoms with Crippen molar-refractivity contribution in [1.29, 1.82) is 5.26 Å². The van der Waals surface area contributed by atoms with E-state index in [1.165, 1.54) is 19.2 Å². The van der Waals surface area contributed by atoms with Crippen LogP contribution in [0.25, 0.3) is 0 Å². The van der Waals surface area contributed by atoms with Gasteiger partial charge in [0, 0.05) is 7.11 Å². The molecule has 3 heteroatoms. The summed E-state index contributed by atoms with van der Waals surface area (Å²) in [5.41, 5.74) is 0.795. The molecule has 0 bridgehead atoms. The van der Waals surface area contributed by atoms with E-state index in [1.807, 2.05) is 27.7 Å². The van der Waals surface area contributed by atoms with E-state index in [2.05, 4.69) is 0 Å². The van der Waals surface area contributed by atoms with Gasteiger partial charge in [0.15, 0.2) is 0 Å². The first kappa shape index (κ1) is 17.0. The lowest BCUT2D eigenvalue weighted by Crippen LogP contribution is -1.90. The summed E-state index contributed by atoms with van der Waals surface area (Å²) >= 11 is 0. The Labute approximate surface area is 97.7 Å². The SMILES string of the molecule is CC.CC.COCc1ccc(C#N)c(F)c1. The number of ether oxygens (including phenoxy) is 1. The summed E-state index contributed by atoms with van der Waals surface area (Å²) in [6.45, 7) is 8.36. The number of hydrogen-bond donors (Lipinski definition) is 0. The van der Waals surface area contributed by atoms with Gasteiger partial charge in [-0.1, -0.05) is 33.8 Å². The van der Waals surface area contributed by atoms with Crippen molar-refractivity contribution in [3.8, 4) is 6.07 Å². The fourth-order valence-corrected chi connectivity index (χ4v) is 0.906. The smallest absolute Gasteiger partial charge is 0.141 e. The fraction of sp³-hybridized carbons (Fsp3) is 0.462. The maximum atomic E-state index is 12.9. The molecule has 0 spiro atoms. The zero-order valence-electron chi connectivity index (χ0n) is 10.7. The van der Waals surface area contributed by atoms with Crippen molar-refractivity contribution in [2.75, 3.05) is 7.11 Å². The Morgan fingerprint density at radius 2 is 1.81 bits per heavy atom. The van der Waals surface area contributed by atoms with E-state index in [1.54, 1.807) is 12.1 Å². The quantitative estimate of drug-likeness (QED) is 0.764. The van der Waals surface area contributed by atoms with Gasteiger partial charge in [0.05, 0.1) is 12.2 Å². The van der Waals surface area contributed by atoms with Crippen LogP contribution in [-0.2, 0) is 11.3 Å². The molecule has 0 saturated carbocycles. The maximum absolute atomic E-state index is 12.9. The highest BCUT2D eigenvalue weighted by molar-refractivity contribution is 5.33. The van der Waals surface area contributed by atoms with Crippen LogP contribution in [0.5, 0.6) is 0 Å². The van der Waals surface area contributed by atoms with E-state index >= 15 is 0 Å². The van der Waals surface area contributed by atoms with E-state index in [9.17, 15) is 4.39 Å². The summed E-state index contributed by atoms with van der Waals surface area (Å²) in [6, 6.07) is 6.18. The standard InChI is InChI=1S/C9H8FNO.2C2H6/c1-12-6-7-2-3-8(5-11)9(10)4-7;2*1-2/h2-4H,6H2,1H3;2*1-2H3. The minimum absolute atomic E-state index is 0.0647.